The minimum absolute atomic E-state index is 0.00445. The Kier molecular flexibility index (Phi) is 5.05. The van der Waals surface area contributed by atoms with E-state index in [1.54, 1.807) is 0 Å². The molecule has 3 atom stereocenters. The third-order valence-corrected chi connectivity index (χ3v) is 5.47. The van der Waals surface area contributed by atoms with Gasteiger partial charge in [-0.3, -0.25) is 9.59 Å². The van der Waals surface area contributed by atoms with Gasteiger partial charge < -0.3 is 5.32 Å². The molecule has 3 rings (SSSR count). The molecule has 0 radical (unpaired) electrons. The number of amides is 1. The van der Waals surface area contributed by atoms with Gasteiger partial charge in [-0.1, -0.05) is 30.2 Å². The van der Waals surface area contributed by atoms with Crippen LogP contribution in [-0.2, 0) is 16.0 Å². The summed E-state index contributed by atoms with van der Waals surface area (Å²) < 4.78 is 0. The molecule has 1 N–H and O–H groups in total. The first-order valence-electron chi connectivity index (χ1n) is 8.61. The van der Waals surface area contributed by atoms with E-state index in [1.807, 2.05) is 31.2 Å². The Hall–Kier alpha value is -1.35. The van der Waals surface area contributed by atoms with Gasteiger partial charge in [0, 0.05) is 28.8 Å². The Morgan fingerprint density at radius 2 is 2.00 bits per heavy atom. The van der Waals surface area contributed by atoms with Crippen molar-refractivity contribution in [3.8, 4) is 0 Å². The second kappa shape index (κ2) is 7.04. The van der Waals surface area contributed by atoms with Gasteiger partial charge in [-0.25, -0.2) is 0 Å². The lowest BCUT2D eigenvalue weighted by atomic mass is 9.67. The number of hydrogen-bond acceptors (Lipinski definition) is 2. The fraction of sp³-hybridized carbons (Fsp3) is 0.579. The van der Waals surface area contributed by atoms with Gasteiger partial charge in [-0.2, -0.15) is 0 Å². The van der Waals surface area contributed by atoms with Crippen molar-refractivity contribution < 1.29 is 9.59 Å². The van der Waals surface area contributed by atoms with E-state index in [4.69, 9.17) is 11.6 Å². The highest BCUT2D eigenvalue weighted by Gasteiger charge is 2.41. The predicted molar refractivity (Wildman–Crippen MR) is 91.3 cm³/mol. The molecular weight excluding hydrogens is 310 g/mol. The Morgan fingerprint density at radius 3 is 2.65 bits per heavy atom. The van der Waals surface area contributed by atoms with Crippen LogP contribution in [0.1, 0.15) is 44.6 Å². The number of fused-ring (bicyclic) bond motifs is 2. The van der Waals surface area contributed by atoms with E-state index in [2.05, 4.69) is 5.32 Å². The highest BCUT2D eigenvalue weighted by Crippen LogP contribution is 2.40. The van der Waals surface area contributed by atoms with Gasteiger partial charge in [0.05, 0.1) is 0 Å². The Balaban J connectivity index is 1.55. The van der Waals surface area contributed by atoms with Crippen molar-refractivity contribution in [3.63, 3.8) is 0 Å². The van der Waals surface area contributed by atoms with Crippen molar-refractivity contribution in [1.82, 2.24) is 5.32 Å². The first kappa shape index (κ1) is 16.5. The molecule has 3 nitrogen and oxygen atoms in total. The minimum atomic E-state index is 0.00445. The zero-order chi connectivity index (χ0) is 16.4. The van der Waals surface area contributed by atoms with Gasteiger partial charge in [-0.15, -0.1) is 0 Å². The van der Waals surface area contributed by atoms with Crippen LogP contribution >= 0.6 is 11.6 Å². The van der Waals surface area contributed by atoms with E-state index in [1.165, 1.54) is 0 Å². The molecule has 0 saturated heterocycles. The lowest BCUT2D eigenvalue weighted by Crippen LogP contribution is -2.45. The molecule has 1 amide bonds. The van der Waals surface area contributed by atoms with Crippen LogP contribution < -0.4 is 5.32 Å². The summed E-state index contributed by atoms with van der Waals surface area (Å²) in [5.41, 5.74) is 1.13. The fourth-order valence-electron chi connectivity index (χ4n) is 4.12. The van der Waals surface area contributed by atoms with E-state index in [0.717, 1.165) is 49.1 Å². The molecule has 23 heavy (non-hydrogen) atoms. The third-order valence-electron chi connectivity index (χ3n) is 5.24. The number of carbonyl (C=O) groups is 2. The number of nitrogens with one attached hydrogen (secondary N) is 1. The summed E-state index contributed by atoms with van der Waals surface area (Å²) in [6, 6.07) is 7.82. The molecule has 2 aliphatic carbocycles. The van der Waals surface area contributed by atoms with Crippen LogP contribution in [0.25, 0.3) is 0 Å². The summed E-state index contributed by atoms with van der Waals surface area (Å²) in [4.78, 5) is 24.7. The quantitative estimate of drug-likeness (QED) is 0.911. The van der Waals surface area contributed by atoms with E-state index < -0.39 is 0 Å². The lowest BCUT2D eigenvalue weighted by Gasteiger charge is -2.37. The van der Waals surface area contributed by atoms with E-state index >= 15 is 0 Å². The van der Waals surface area contributed by atoms with Gasteiger partial charge >= 0.3 is 0 Å². The number of halogens is 1. The zero-order valence-electron chi connectivity index (χ0n) is 13.6. The normalized spacial score (nSPS) is 28.3. The summed E-state index contributed by atoms with van der Waals surface area (Å²) in [6.07, 6.45) is 5.33. The molecule has 1 aromatic rings. The second-order valence-electron chi connectivity index (χ2n) is 7.14. The average Bonchev–Trinajstić information content (AvgIpc) is 2.46. The van der Waals surface area contributed by atoms with Gasteiger partial charge in [0.25, 0.3) is 0 Å². The average molecular weight is 334 g/mol. The largest absolute Gasteiger partial charge is 0.353 e. The molecule has 0 aromatic heterocycles. The van der Waals surface area contributed by atoms with Crippen molar-refractivity contribution in [2.75, 3.05) is 0 Å². The molecule has 2 fully saturated rings. The van der Waals surface area contributed by atoms with Crippen LogP contribution in [0, 0.1) is 17.8 Å². The maximum atomic E-state index is 12.6. The van der Waals surface area contributed by atoms with Gasteiger partial charge in [0.2, 0.25) is 5.91 Å². The summed E-state index contributed by atoms with van der Waals surface area (Å²) in [7, 11) is 0. The van der Waals surface area contributed by atoms with E-state index in [9.17, 15) is 9.59 Å². The SMILES string of the molecule is CC(Cc1cccc(Cl)c1)NC(=O)C1CC2CCCC(C1)C2=O. The molecular formula is C19H24ClNO2. The first-order valence-corrected chi connectivity index (χ1v) is 8.99. The van der Waals surface area contributed by atoms with Crippen LogP contribution in [0.4, 0.5) is 0 Å². The van der Waals surface area contributed by atoms with Crippen LogP contribution in [0.2, 0.25) is 5.02 Å². The maximum Gasteiger partial charge on any atom is 0.223 e. The molecule has 0 spiro atoms. The van der Waals surface area contributed by atoms with Crippen LogP contribution in [0.3, 0.4) is 0 Å². The molecule has 3 unspecified atom stereocenters. The Labute approximate surface area is 142 Å². The standard InChI is InChI=1S/C19H24ClNO2/c1-12(8-13-4-2-7-17(20)9-13)21-19(23)16-10-14-5-3-6-15(11-16)18(14)22/h2,4,7,9,12,14-16H,3,5-6,8,10-11H2,1H3,(H,21,23). The fourth-order valence-corrected chi connectivity index (χ4v) is 4.34. The van der Waals surface area contributed by atoms with Crippen molar-refractivity contribution in [2.45, 2.75) is 51.5 Å². The maximum absolute atomic E-state index is 12.6. The topological polar surface area (TPSA) is 46.2 Å². The number of rotatable bonds is 4. The molecule has 2 saturated carbocycles. The number of benzene rings is 1. The van der Waals surface area contributed by atoms with E-state index in [0.29, 0.717) is 5.78 Å². The van der Waals surface area contributed by atoms with Crippen molar-refractivity contribution in [2.24, 2.45) is 17.8 Å². The van der Waals surface area contributed by atoms with Crippen molar-refractivity contribution in [1.29, 1.82) is 0 Å². The second-order valence-corrected chi connectivity index (χ2v) is 7.58. The molecule has 2 bridgehead atoms. The zero-order valence-corrected chi connectivity index (χ0v) is 14.3. The lowest BCUT2D eigenvalue weighted by molar-refractivity contribution is -0.137. The number of hydrogen-bond donors (Lipinski definition) is 1. The van der Waals surface area contributed by atoms with Gasteiger partial charge in [0.1, 0.15) is 5.78 Å². The molecule has 4 heteroatoms. The Bertz CT molecular complexity index is 585. The predicted octanol–water partition coefficient (Wildman–Crippen LogP) is 3.78. The summed E-state index contributed by atoms with van der Waals surface area (Å²) in [5.74, 6) is 0.781. The minimum Gasteiger partial charge on any atom is -0.353 e. The molecule has 2 aliphatic rings. The highest BCUT2D eigenvalue weighted by atomic mass is 35.5. The van der Waals surface area contributed by atoms with E-state index in [-0.39, 0.29) is 29.7 Å². The van der Waals surface area contributed by atoms with Crippen LogP contribution in [-0.4, -0.2) is 17.7 Å². The number of ketones is 1. The highest BCUT2D eigenvalue weighted by molar-refractivity contribution is 6.30. The third kappa shape index (κ3) is 3.95. The summed E-state index contributed by atoms with van der Waals surface area (Å²) in [6.45, 7) is 2.02. The smallest absolute Gasteiger partial charge is 0.223 e. The van der Waals surface area contributed by atoms with Crippen molar-refractivity contribution in [3.05, 3.63) is 34.9 Å². The Morgan fingerprint density at radius 1 is 1.30 bits per heavy atom. The first-order chi connectivity index (χ1) is 11.0. The molecule has 124 valence electrons. The van der Waals surface area contributed by atoms with Crippen LogP contribution in [0.5, 0.6) is 0 Å². The molecule has 0 heterocycles. The molecule has 1 aromatic carbocycles. The van der Waals surface area contributed by atoms with Gasteiger partial charge in [0.15, 0.2) is 0 Å². The number of carbonyl (C=O) groups excluding carboxylic acids is 2. The van der Waals surface area contributed by atoms with Crippen molar-refractivity contribution >= 4 is 23.3 Å². The summed E-state index contributed by atoms with van der Waals surface area (Å²) >= 11 is 6.00. The number of Topliss-reactive ketones (excluding diaryl/α,β-unsaturated/α-hetero) is 1. The molecule has 0 aliphatic heterocycles. The summed E-state index contributed by atoms with van der Waals surface area (Å²) in [5, 5.41) is 3.85. The monoisotopic (exact) mass is 333 g/mol. The van der Waals surface area contributed by atoms with Gasteiger partial charge in [-0.05, 0) is 56.7 Å². The van der Waals surface area contributed by atoms with Crippen LogP contribution in [0.15, 0.2) is 24.3 Å².